The summed E-state index contributed by atoms with van der Waals surface area (Å²) in [7, 11) is -2.79. The van der Waals surface area contributed by atoms with Crippen molar-refractivity contribution < 1.29 is 8.42 Å². The Morgan fingerprint density at radius 1 is 1.33 bits per heavy atom. The van der Waals surface area contributed by atoms with Gasteiger partial charge in [0.25, 0.3) is 0 Å². The second-order valence-electron chi connectivity index (χ2n) is 5.68. The van der Waals surface area contributed by atoms with Crippen LogP contribution in [0.2, 0.25) is 0 Å². The van der Waals surface area contributed by atoms with E-state index in [1.54, 1.807) is 0 Å². The highest BCUT2D eigenvalue weighted by molar-refractivity contribution is 7.91. The predicted octanol–water partition coefficient (Wildman–Crippen LogP) is 0.527. The van der Waals surface area contributed by atoms with Crippen LogP contribution in [0.15, 0.2) is 4.99 Å². The molecule has 1 aliphatic heterocycles. The molecule has 1 heterocycles. The molecule has 0 aromatic carbocycles. The number of hydrogen-bond acceptors (Lipinski definition) is 3. The number of sulfone groups is 1. The first kappa shape index (κ1) is 13.6. The SMILES string of the molecule is CC(C)NC(=NCC1CCS(=O)(=O)C1)NC1CC1. The van der Waals surface area contributed by atoms with Crippen molar-refractivity contribution in [2.75, 3.05) is 18.1 Å². The van der Waals surface area contributed by atoms with Crippen molar-refractivity contribution in [1.82, 2.24) is 10.6 Å². The topological polar surface area (TPSA) is 70.6 Å². The van der Waals surface area contributed by atoms with Gasteiger partial charge in [-0.3, -0.25) is 4.99 Å². The Bertz CT molecular complexity index is 407. The molecule has 2 aliphatic rings. The van der Waals surface area contributed by atoms with E-state index in [2.05, 4.69) is 29.5 Å². The van der Waals surface area contributed by atoms with E-state index in [1.165, 1.54) is 12.8 Å². The third-order valence-electron chi connectivity index (χ3n) is 3.18. The van der Waals surface area contributed by atoms with Crippen LogP contribution in [-0.4, -0.2) is 44.5 Å². The number of rotatable bonds is 4. The highest BCUT2D eigenvalue weighted by Gasteiger charge is 2.28. The maximum atomic E-state index is 11.4. The molecule has 0 bridgehead atoms. The summed E-state index contributed by atoms with van der Waals surface area (Å²) in [5, 5.41) is 6.64. The molecule has 0 amide bonds. The normalized spacial score (nSPS) is 27.5. The minimum absolute atomic E-state index is 0.194. The van der Waals surface area contributed by atoms with Crippen molar-refractivity contribution in [1.29, 1.82) is 0 Å². The van der Waals surface area contributed by atoms with Crippen LogP contribution in [0, 0.1) is 5.92 Å². The molecule has 0 aromatic rings. The fourth-order valence-electron chi connectivity index (χ4n) is 2.06. The number of nitrogens with zero attached hydrogens (tertiary/aromatic N) is 1. The molecule has 1 saturated carbocycles. The lowest BCUT2D eigenvalue weighted by atomic mass is 10.1. The summed E-state index contributed by atoms with van der Waals surface area (Å²) in [4.78, 5) is 4.52. The third-order valence-corrected chi connectivity index (χ3v) is 5.01. The Morgan fingerprint density at radius 3 is 2.56 bits per heavy atom. The zero-order valence-electron chi connectivity index (χ0n) is 11.1. The van der Waals surface area contributed by atoms with Gasteiger partial charge in [-0.15, -0.1) is 0 Å². The lowest BCUT2D eigenvalue weighted by Gasteiger charge is -2.15. The van der Waals surface area contributed by atoms with Crippen LogP contribution >= 0.6 is 0 Å². The van der Waals surface area contributed by atoms with Gasteiger partial charge in [0.2, 0.25) is 0 Å². The van der Waals surface area contributed by atoms with Crippen molar-refractivity contribution in [3.63, 3.8) is 0 Å². The molecule has 1 atom stereocenters. The molecule has 0 aromatic heterocycles. The minimum Gasteiger partial charge on any atom is -0.354 e. The van der Waals surface area contributed by atoms with Gasteiger partial charge >= 0.3 is 0 Å². The largest absolute Gasteiger partial charge is 0.354 e. The van der Waals surface area contributed by atoms with Gasteiger partial charge in [0.15, 0.2) is 15.8 Å². The van der Waals surface area contributed by atoms with Gasteiger partial charge in [-0.2, -0.15) is 0 Å². The average Bonchev–Trinajstić information content (AvgIpc) is 2.98. The van der Waals surface area contributed by atoms with Crippen molar-refractivity contribution in [3.8, 4) is 0 Å². The number of hydrogen-bond donors (Lipinski definition) is 2. The van der Waals surface area contributed by atoms with E-state index in [9.17, 15) is 8.42 Å². The number of guanidine groups is 1. The van der Waals surface area contributed by atoms with Gasteiger partial charge in [-0.05, 0) is 39.0 Å². The van der Waals surface area contributed by atoms with E-state index in [0.717, 1.165) is 12.4 Å². The summed E-state index contributed by atoms with van der Waals surface area (Å²) in [6.07, 6.45) is 3.16. The first-order valence-electron chi connectivity index (χ1n) is 6.72. The molecule has 5 nitrogen and oxygen atoms in total. The molecule has 1 saturated heterocycles. The summed E-state index contributed by atoms with van der Waals surface area (Å²) in [6.45, 7) is 4.75. The van der Waals surface area contributed by atoms with Gasteiger partial charge in [0, 0.05) is 18.6 Å². The molecule has 2 rings (SSSR count). The smallest absolute Gasteiger partial charge is 0.191 e. The Morgan fingerprint density at radius 2 is 2.06 bits per heavy atom. The van der Waals surface area contributed by atoms with Gasteiger partial charge < -0.3 is 10.6 Å². The van der Waals surface area contributed by atoms with Crippen molar-refractivity contribution in [2.45, 2.75) is 45.2 Å². The molecule has 1 unspecified atom stereocenters. The van der Waals surface area contributed by atoms with E-state index >= 15 is 0 Å². The second-order valence-corrected chi connectivity index (χ2v) is 7.90. The minimum atomic E-state index is -2.79. The van der Waals surface area contributed by atoms with E-state index in [0.29, 0.717) is 30.1 Å². The summed E-state index contributed by atoms with van der Waals surface area (Å²) in [6, 6.07) is 0.893. The molecular formula is C12H23N3O2S. The van der Waals surface area contributed by atoms with E-state index in [-0.39, 0.29) is 5.92 Å². The molecule has 0 radical (unpaired) electrons. The summed E-state index contributed by atoms with van der Waals surface area (Å²) < 4.78 is 22.7. The van der Waals surface area contributed by atoms with Crippen LogP contribution < -0.4 is 10.6 Å². The Labute approximate surface area is 109 Å². The van der Waals surface area contributed by atoms with Crippen LogP contribution in [0.5, 0.6) is 0 Å². The molecule has 104 valence electrons. The third kappa shape index (κ3) is 4.48. The molecule has 1 aliphatic carbocycles. The molecular weight excluding hydrogens is 250 g/mol. The molecule has 6 heteroatoms. The van der Waals surface area contributed by atoms with Gasteiger partial charge in [-0.1, -0.05) is 0 Å². The van der Waals surface area contributed by atoms with Crippen molar-refractivity contribution >= 4 is 15.8 Å². The molecule has 2 fully saturated rings. The van der Waals surface area contributed by atoms with Gasteiger partial charge in [-0.25, -0.2) is 8.42 Å². The van der Waals surface area contributed by atoms with E-state index < -0.39 is 9.84 Å². The maximum absolute atomic E-state index is 11.4. The Balaban J connectivity index is 1.86. The zero-order valence-corrected chi connectivity index (χ0v) is 12.0. The lowest BCUT2D eigenvalue weighted by molar-refractivity contribution is 0.587. The first-order chi connectivity index (χ1) is 8.44. The van der Waals surface area contributed by atoms with Crippen LogP contribution in [0.25, 0.3) is 0 Å². The Kier molecular flexibility index (Phi) is 4.14. The maximum Gasteiger partial charge on any atom is 0.191 e. The summed E-state index contributed by atoms with van der Waals surface area (Å²) >= 11 is 0. The zero-order chi connectivity index (χ0) is 13.2. The summed E-state index contributed by atoms with van der Waals surface area (Å²) in [5.74, 6) is 1.65. The fourth-order valence-corrected chi connectivity index (χ4v) is 3.91. The molecule has 18 heavy (non-hydrogen) atoms. The van der Waals surface area contributed by atoms with Crippen LogP contribution in [0.4, 0.5) is 0 Å². The molecule has 2 N–H and O–H groups in total. The van der Waals surface area contributed by atoms with E-state index in [4.69, 9.17) is 0 Å². The quantitative estimate of drug-likeness (QED) is 0.579. The van der Waals surface area contributed by atoms with Crippen LogP contribution in [0.1, 0.15) is 33.1 Å². The standard InChI is InChI=1S/C12H23N3O2S/c1-9(2)14-12(15-11-3-4-11)13-7-10-5-6-18(16,17)8-10/h9-11H,3-8H2,1-2H3,(H2,13,14,15). The van der Waals surface area contributed by atoms with Crippen molar-refractivity contribution in [3.05, 3.63) is 0 Å². The first-order valence-corrected chi connectivity index (χ1v) is 8.55. The lowest BCUT2D eigenvalue weighted by Crippen LogP contribution is -2.42. The monoisotopic (exact) mass is 273 g/mol. The highest BCUT2D eigenvalue weighted by atomic mass is 32.2. The van der Waals surface area contributed by atoms with E-state index in [1.807, 2.05) is 0 Å². The van der Waals surface area contributed by atoms with Gasteiger partial charge in [0.1, 0.15) is 0 Å². The fraction of sp³-hybridized carbons (Fsp3) is 0.917. The summed E-state index contributed by atoms with van der Waals surface area (Å²) in [5.41, 5.74) is 0. The Hall–Kier alpha value is -0.780. The number of nitrogens with one attached hydrogen (secondary N) is 2. The predicted molar refractivity (Wildman–Crippen MR) is 73.5 cm³/mol. The highest BCUT2D eigenvalue weighted by Crippen LogP contribution is 2.20. The van der Waals surface area contributed by atoms with Gasteiger partial charge in [0.05, 0.1) is 11.5 Å². The average molecular weight is 273 g/mol. The molecule has 0 spiro atoms. The van der Waals surface area contributed by atoms with Crippen LogP contribution in [-0.2, 0) is 9.84 Å². The second kappa shape index (κ2) is 5.47. The van der Waals surface area contributed by atoms with Crippen LogP contribution in [0.3, 0.4) is 0 Å². The number of aliphatic imine (C=N–C) groups is 1. The van der Waals surface area contributed by atoms with Crippen molar-refractivity contribution in [2.24, 2.45) is 10.9 Å².